The van der Waals surface area contributed by atoms with Crippen molar-refractivity contribution >= 4 is 44.8 Å². The zero-order chi connectivity index (χ0) is 14.2. The van der Waals surface area contributed by atoms with Gasteiger partial charge >= 0.3 is 0 Å². The first kappa shape index (κ1) is 14.0. The van der Waals surface area contributed by atoms with Gasteiger partial charge in [-0.25, -0.2) is 0 Å². The van der Waals surface area contributed by atoms with E-state index in [0.29, 0.717) is 17.4 Å². The Morgan fingerprint density at radius 3 is 2.79 bits per heavy atom. The van der Waals surface area contributed by atoms with Crippen molar-refractivity contribution in [1.29, 1.82) is 0 Å². The van der Waals surface area contributed by atoms with Crippen LogP contribution < -0.4 is 4.90 Å². The van der Waals surface area contributed by atoms with Crippen molar-refractivity contribution < 1.29 is 9.72 Å². The van der Waals surface area contributed by atoms with Gasteiger partial charge in [0.2, 0.25) is 5.91 Å². The van der Waals surface area contributed by atoms with E-state index in [2.05, 4.69) is 22.5 Å². The summed E-state index contributed by atoms with van der Waals surface area (Å²) >= 11 is 9.22. The zero-order valence-electron chi connectivity index (χ0n) is 9.81. The monoisotopic (exact) mass is 344 g/mol. The lowest BCUT2D eigenvalue weighted by Crippen LogP contribution is -2.25. The van der Waals surface area contributed by atoms with E-state index in [4.69, 9.17) is 11.6 Å². The lowest BCUT2D eigenvalue weighted by Gasteiger charge is -2.18. The van der Waals surface area contributed by atoms with Gasteiger partial charge in [0.1, 0.15) is 5.69 Å². The van der Waals surface area contributed by atoms with Gasteiger partial charge in [0.25, 0.3) is 5.69 Å². The number of nitro benzene ring substituents is 1. The Labute approximate surface area is 123 Å². The van der Waals surface area contributed by atoms with Crippen LogP contribution in [0.5, 0.6) is 0 Å². The van der Waals surface area contributed by atoms with E-state index in [-0.39, 0.29) is 28.2 Å². The van der Waals surface area contributed by atoms with Gasteiger partial charge in [-0.2, -0.15) is 0 Å². The molecule has 2 rings (SSSR count). The lowest BCUT2D eigenvalue weighted by molar-refractivity contribution is -0.384. The predicted octanol–water partition coefficient (Wildman–Crippen LogP) is 3.55. The Morgan fingerprint density at radius 2 is 2.26 bits per heavy atom. The highest BCUT2D eigenvalue weighted by atomic mass is 79.9. The van der Waals surface area contributed by atoms with E-state index in [0.717, 1.165) is 0 Å². The van der Waals surface area contributed by atoms with Crippen molar-refractivity contribution in [2.24, 2.45) is 5.92 Å². The standard InChI is InChI=1S/C12H10BrClN2O3/c1-2-7-3-11(17)15(6-7)12-9(14)4-8(13)5-10(12)16(18)19/h2,4-5,7H,1,3,6H2. The molecule has 0 radical (unpaired) electrons. The normalized spacial score (nSPS) is 18.7. The predicted molar refractivity (Wildman–Crippen MR) is 76.5 cm³/mol. The summed E-state index contributed by atoms with van der Waals surface area (Å²) in [6, 6.07) is 2.88. The third-order valence-corrected chi connectivity index (χ3v) is 3.71. The van der Waals surface area contributed by atoms with Crippen LogP contribution in [0.2, 0.25) is 5.02 Å². The molecule has 1 aliphatic heterocycles. The second kappa shape index (κ2) is 5.30. The number of rotatable bonds is 3. The van der Waals surface area contributed by atoms with Gasteiger partial charge in [-0.3, -0.25) is 14.9 Å². The number of carbonyl (C=O) groups excluding carboxylic acids is 1. The number of halogens is 2. The van der Waals surface area contributed by atoms with Gasteiger partial charge in [0.05, 0.1) is 9.95 Å². The molecule has 1 saturated heterocycles. The van der Waals surface area contributed by atoms with Crippen LogP contribution in [0.1, 0.15) is 6.42 Å². The van der Waals surface area contributed by atoms with Gasteiger partial charge in [0, 0.05) is 29.4 Å². The molecule has 0 spiro atoms. The summed E-state index contributed by atoms with van der Waals surface area (Å²) in [5.41, 5.74) is -0.0262. The number of nitrogens with zero attached hydrogens (tertiary/aromatic N) is 2. The summed E-state index contributed by atoms with van der Waals surface area (Å²) in [5, 5.41) is 11.3. The maximum Gasteiger partial charge on any atom is 0.295 e. The average molecular weight is 346 g/mol. The van der Waals surface area contributed by atoms with Crippen molar-refractivity contribution in [2.75, 3.05) is 11.4 Å². The van der Waals surface area contributed by atoms with Gasteiger partial charge < -0.3 is 4.90 Å². The molecular weight excluding hydrogens is 336 g/mol. The van der Waals surface area contributed by atoms with Crippen molar-refractivity contribution in [3.05, 3.63) is 44.4 Å². The van der Waals surface area contributed by atoms with Gasteiger partial charge in [-0.15, -0.1) is 6.58 Å². The smallest absolute Gasteiger partial charge is 0.295 e. The zero-order valence-corrected chi connectivity index (χ0v) is 12.1. The lowest BCUT2D eigenvalue weighted by atomic mass is 10.1. The molecule has 1 atom stereocenters. The molecule has 19 heavy (non-hydrogen) atoms. The Morgan fingerprint density at radius 1 is 1.58 bits per heavy atom. The maximum absolute atomic E-state index is 11.9. The molecule has 1 aliphatic rings. The van der Waals surface area contributed by atoms with Crippen molar-refractivity contribution in [3.8, 4) is 0 Å². The van der Waals surface area contributed by atoms with E-state index in [1.807, 2.05) is 0 Å². The maximum atomic E-state index is 11.9. The SMILES string of the molecule is C=CC1CC(=O)N(c2c(Cl)cc(Br)cc2[N+](=O)[O-])C1. The fraction of sp³-hybridized carbons (Fsp3) is 0.250. The van der Waals surface area contributed by atoms with E-state index in [1.165, 1.54) is 11.0 Å². The summed E-state index contributed by atoms with van der Waals surface area (Å²) in [7, 11) is 0. The Balaban J connectivity index is 2.53. The molecule has 100 valence electrons. The van der Waals surface area contributed by atoms with Crippen molar-refractivity contribution in [2.45, 2.75) is 6.42 Å². The minimum absolute atomic E-state index is 0.00758. The summed E-state index contributed by atoms with van der Waals surface area (Å²) in [4.78, 5) is 23.9. The topological polar surface area (TPSA) is 63.5 Å². The fourth-order valence-corrected chi connectivity index (χ4v) is 2.96. The summed E-state index contributed by atoms with van der Waals surface area (Å²) < 4.78 is 0.500. The molecule has 0 aliphatic carbocycles. The molecule has 0 saturated carbocycles. The fourth-order valence-electron chi connectivity index (χ4n) is 2.07. The van der Waals surface area contributed by atoms with Crippen LogP contribution in [0.15, 0.2) is 29.3 Å². The third kappa shape index (κ3) is 2.64. The molecule has 1 unspecified atom stereocenters. The van der Waals surface area contributed by atoms with Crippen LogP contribution in [0, 0.1) is 16.0 Å². The first-order chi connectivity index (χ1) is 8.93. The Kier molecular flexibility index (Phi) is 3.91. The van der Waals surface area contributed by atoms with Crippen LogP contribution in [0.25, 0.3) is 0 Å². The molecule has 7 heteroatoms. The quantitative estimate of drug-likeness (QED) is 0.478. The molecule has 1 fully saturated rings. The second-order valence-corrected chi connectivity index (χ2v) is 5.54. The second-order valence-electron chi connectivity index (χ2n) is 4.22. The van der Waals surface area contributed by atoms with Gasteiger partial charge in [0.15, 0.2) is 0 Å². The average Bonchev–Trinajstić information content (AvgIpc) is 2.69. The summed E-state index contributed by atoms with van der Waals surface area (Å²) in [5.74, 6) is -0.191. The molecule has 1 aromatic rings. The largest absolute Gasteiger partial charge is 0.305 e. The molecule has 5 nitrogen and oxygen atoms in total. The first-order valence-electron chi connectivity index (χ1n) is 5.50. The summed E-state index contributed by atoms with van der Waals surface area (Å²) in [6.07, 6.45) is 1.98. The van der Waals surface area contributed by atoms with Crippen molar-refractivity contribution in [1.82, 2.24) is 0 Å². The molecule has 1 aromatic carbocycles. The minimum Gasteiger partial charge on any atom is -0.305 e. The number of carbonyl (C=O) groups is 1. The van der Waals surface area contributed by atoms with Crippen LogP contribution in [-0.4, -0.2) is 17.4 Å². The van der Waals surface area contributed by atoms with E-state index in [9.17, 15) is 14.9 Å². The Hall–Kier alpha value is -1.40. The van der Waals surface area contributed by atoms with Crippen LogP contribution >= 0.6 is 27.5 Å². The highest BCUT2D eigenvalue weighted by molar-refractivity contribution is 9.10. The van der Waals surface area contributed by atoms with Gasteiger partial charge in [-0.1, -0.05) is 33.6 Å². The molecule has 1 heterocycles. The number of amides is 1. The molecule has 1 amide bonds. The van der Waals surface area contributed by atoms with E-state index in [1.54, 1.807) is 12.1 Å². The van der Waals surface area contributed by atoms with E-state index >= 15 is 0 Å². The van der Waals surface area contributed by atoms with Crippen LogP contribution in [0.4, 0.5) is 11.4 Å². The van der Waals surface area contributed by atoms with Crippen LogP contribution in [-0.2, 0) is 4.79 Å². The number of hydrogen-bond donors (Lipinski definition) is 0. The number of hydrogen-bond acceptors (Lipinski definition) is 3. The highest BCUT2D eigenvalue weighted by Crippen LogP contribution is 2.41. The minimum atomic E-state index is -0.541. The first-order valence-corrected chi connectivity index (χ1v) is 6.67. The van der Waals surface area contributed by atoms with Crippen molar-refractivity contribution in [3.63, 3.8) is 0 Å². The molecule has 0 N–H and O–H groups in total. The molecule has 0 bridgehead atoms. The highest BCUT2D eigenvalue weighted by Gasteiger charge is 2.34. The number of anilines is 1. The van der Waals surface area contributed by atoms with E-state index < -0.39 is 4.92 Å². The molecular formula is C12H10BrClN2O3. The van der Waals surface area contributed by atoms with Gasteiger partial charge in [-0.05, 0) is 6.07 Å². The Bertz CT molecular complexity index is 576. The molecule has 0 aromatic heterocycles. The number of benzene rings is 1. The number of nitro groups is 1. The van der Waals surface area contributed by atoms with Crippen LogP contribution in [0.3, 0.4) is 0 Å². The summed E-state index contributed by atoms with van der Waals surface area (Å²) in [6.45, 7) is 4.01. The third-order valence-electron chi connectivity index (χ3n) is 2.96.